The molecule has 2 rings (SSSR count). The fourth-order valence-electron chi connectivity index (χ4n) is 2.12. The zero-order valence-electron chi connectivity index (χ0n) is 11.6. The van der Waals surface area contributed by atoms with Crippen molar-refractivity contribution in [1.29, 1.82) is 0 Å². The maximum atomic E-state index is 13.3. The summed E-state index contributed by atoms with van der Waals surface area (Å²) in [7, 11) is 0. The van der Waals surface area contributed by atoms with Gasteiger partial charge in [-0.1, -0.05) is 6.07 Å². The molecule has 0 aliphatic heterocycles. The zero-order chi connectivity index (χ0) is 14.5. The SMILES string of the molecule is CCN(Cc1ccccn1)c1ccc(F)cc1C(C)=O. The predicted molar refractivity (Wildman–Crippen MR) is 77.4 cm³/mol. The maximum Gasteiger partial charge on any atom is 0.161 e. The van der Waals surface area contributed by atoms with Gasteiger partial charge in [0.25, 0.3) is 0 Å². The molecule has 0 bridgehead atoms. The molecule has 2 aromatic rings. The van der Waals surface area contributed by atoms with Crippen LogP contribution in [0.1, 0.15) is 29.9 Å². The van der Waals surface area contributed by atoms with Gasteiger partial charge in [-0.3, -0.25) is 9.78 Å². The molecule has 104 valence electrons. The number of halogens is 1. The fraction of sp³-hybridized carbons (Fsp3) is 0.250. The monoisotopic (exact) mass is 272 g/mol. The second-order valence-electron chi connectivity index (χ2n) is 4.55. The smallest absolute Gasteiger partial charge is 0.161 e. The minimum absolute atomic E-state index is 0.140. The van der Waals surface area contributed by atoms with Crippen LogP contribution in [0.4, 0.5) is 10.1 Å². The molecule has 0 radical (unpaired) electrons. The van der Waals surface area contributed by atoms with E-state index in [0.717, 1.165) is 11.4 Å². The maximum absolute atomic E-state index is 13.3. The van der Waals surface area contributed by atoms with Crippen molar-refractivity contribution in [1.82, 2.24) is 4.98 Å². The Bertz CT molecular complexity index is 599. The molecule has 4 heteroatoms. The van der Waals surface area contributed by atoms with E-state index in [-0.39, 0.29) is 5.78 Å². The summed E-state index contributed by atoms with van der Waals surface area (Å²) in [6.07, 6.45) is 1.74. The quantitative estimate of drug-likeness (QED) is 0.782. The number of hydrogen-bond acceptors (Lipinski definition) is 3. The third-order valence-corrected chi connectivity index (χ3v) is 3.14. The first kappa shape index (κ1) is 14.2. The van der Waals surface area contributed by atoms with Crippen LogP contribution in [0.5, 0.6) is 0 Å². The molecule has 1 aromatic carbocycles. The number of hydrogen-bond donors (Lipinski definition) is 0. The Kier molecular flexibility index (Phi) is 4.45. The van der Waals surface area contributed by atoms with Crippen LogP contribution in [0, 0.1) is 5.82 Å². The predicted octanol–water partition coefficient (Wildman–Crippen LogP) is 3.45. The lowest BCUT2D eigenvalue weighted by Crippen LogP contribution is -2.24. The number of ketones is 1. The summed E-state index contributed by atoms with van der Waals surface area (Å²) in [5.41, 5.74) is 2.06. The van der Waals surface area contributed by atoms with E-state index in [1.165, 1.54) is 19.1 Å². The lowest BCUT2D eigenvalue weighted by molar-refractivity contribution is 0.101. The molecular formula is C16H17FN2O. The highest BCUT2D eigenvalue weighted by molar-refractivity contribution is 5.99. The lowest BCUT2D eigenvalue weighted by atomic mass is 10.1. The summed E-state index contributed by atoms with van der Waals surface area (Å²) < 4.78 is 13.3. The van der Waals surface area contributed by atoms with Crippen LogP contribution in [0.25, 0.3) is 0 Å². The van der Waals surface area contributed by atoms with Crippen molar-refractivity contribution in [2.24, 2.45) is 0 Å². The van der Waals surface area contributed by atoms with Crippen LogP contribution in [0.15, 0.2) is 42.6 Å². The van der Waals surface area contributed by atoms with Crippen LogP contribution < -0.4 is 4.90 Å². The fourth-order valence-corrected chi connectivity index (χ4v) is 2.12. The highest BCUT2D eigenvalue weighted by Crippen LogP contribution is 2.23. The van der Waals surface area contributed by atoms with Gasteiger partial charge >= 0.3 is 0 Å². The molecule has 1 heterocycles. The van der Waals surface area contributed by atoms with Crippen molar-refractivity contribution in [3.63, 3.8) is 0 Å². The van der Waals surface area contributed by atoms with E-state index in [2.05, 4.69) is 4.98 Å². The van der Waals surface area contributed by atoms with Gasteiger partial charge in [-0.25, -0.2) is 4.39 Å². The van der Waals surface area contributed by atoms with Gasteiger partial charge in [-0.2, -0.15) is 0 Å². The molecule has 0 amide bonds. The van der Waals surface area contributed by atoms with Crippen molar-refractivity contribution < 1.29 is 9.18 Å². The van der Waals surface area contributed by atoms with Crippen molar-refractivity contribution in [2.75, 3.05) is 11.4 Å². The third kappa shape index (κ3) is 3.20. The van der Waals surface area contributed by atoms with Gasteiger partial charge in [0.1, 0.15) is 5.82 Å². The molecule has 3 nitrogen and oxygen atoms in total. The average molecular weight is 272 g/mol. The summed E-state index contributed by atoms with van der Waals surface area (Å²) in [5.74, 6) is -0.535. The second kappa shape index (κ2) is 6.28. The van der Waals surface area contributed by atoms with Crippen molar-refractivity contribution in [3.05, 3.63) is 59.7 Å². The molecule has 0 spiro atoms. The molecule has 0 unspecified atom stereocenters. The molecule has 20 heavy (non-hydrogen) atoms. The van der Waals surface area contributed by atoms with E-state index in [1.807, 2.05) is 30.0 Å². The normalized spacial score (nSPS) is 10.3. The summed E-state index contributed by atoms with van der Waals surface area (Å²) in [6, 6.07) is 10.0. The van der Waals surface area contributed by atoms with Crippen LogP contribution in [-0.4, -0.2) is 17.3 Å². The largest absolute Gasteiger partial charge is 0.365 e. The van der Waals surface area contributed by atoms with E-state index in [4.69, 9.17) is 0 Å². The Hall–Kier alpha value is -2.23. The average Bonchev–Trinajstić information content (AvgIpc) is 2.46. The van der Waals surface area contributed by atoms with E-state index in [0.29, 0.717) is 18.7 Å². The van der Waals surface area contributed by atoms with Gasteiger partial charge in [0.15, 0.2) is 5.78 Å². The Morgan fingerprint density at radius 1 is 1.30 bits per heavy atom. The molecule has 0 saturated heterocycles. The summed E-state index contributed by atoms with van der Waals surface area (Å²) in [4.78, 5) is 18.0. The van der Waals surface area contributed by atoms with E-state index < -0.39 is 5.82 Å². The van der Waals surface area contributed by atoms with Crippen LogP contribution in [0.2, 0.25) is 0 Å². The Morgan fingerprint density at radius 3 is 2.70 bits per heavy atom. The highest BCUT2D eigenvalue weighted by atomic mass is 19.1. The van der Waals surface area contributed by atoms with E-state index in [9.17, 15) is 9.18 Å². The molecular weight excluding hydrogens is 255 g/mol. The Balaban J connectivity index is 2.34. The number of carbonyl (C=O) groups excluding carboxylic acids is 1. The highest BCUT2D eigenvalue weighted by Gasteiger charge is 2.14. The van der Waals surface area contributed by atoms with Gasteiger partial charge in [0.2, 0.25) is 0 Å². The first-order chi connectivity index (χ1) is 9.61. The Morgan fingerprint density at radius 2 is 2.10 bits per heavy atom. The topological polar surface area (TPSA) is 33.2 Å². The van der Waals surface area contributed by atoms with Gasteiger partial charge in [0, 0.05) is 24.0 Å². The summed E-state index contributed by atoms with van der Waals surface area (Å²) >= 11 is 0. The number of rotatable bonds is 5. The number of nitrogens with zero attached hydrogens (tertiary/aromatic N) is 2. The summed E-state index contributed by atoms with van der Waals surface area (Å²) in [5, 5.41) is 0. The van der Waals surface area contributed by atoms with Crippen LogP contribution in [-0.2, 0) is 6.54 Å². The van der Waals surface area contributed by atoms with E-state index in [1.54, 1.807) is 12.3 Å². The molecule has 0 aliphatic carbocycles. The number of benzene rings is 1. The van der Waals surface area contributed by atoms with Crippen molar-refractivity contribution >= 4 is 11.5 Å². The molecule has 0 aliphatic rings. The minimum atomic E-state index is -0.396. The zero-order valence-corrected chi connectivity index (χ0v) is 11.6. The van der Waals surface area contributed by atoms with E-state index >= 15 is 0 Å². The van der Waals surface area contributed by atoms with Gasteiger partial charge < -0.3 is 4.90 Å². The summed E-state index contributed by atoms with van der Waals surface area (Å²) in [6.45, 7) is 4.74. The molecule has 1 aromatic heterocycles. The van der Waals surface area contributed by atoms with Crippen molar-refractivity contribution in [2.45, 2.75) is 20.4 Å². The van der Waals surface area contributed by atoms with Gasteiger partial charge in [-0.05, 0) is 44.2 Å². The number of carbonyl (C=O) groups is 1. The number of aromatic nitrogens is 1. The number of pyridine rings is 1. The van der Waals surface area contributed by atoms with Gasteiger partial charge in [-0.15, -0.1) is 0 Å². The first-order valence-corrected chi connectivity index (χ1v) is 6.57. The van der Waals surface area contributed by atoms with Crippen LogP contribution in [0.3, 0.4) is 0 Å². The number of Topliss-reactive ketones (excluding diaryl/α,β-unsaturated/α-hetero) is 1. The lowest BCUT2D eigenvalue weighted by Gasteiger charge is -2.24. The second-order valence-corrected chi connectivity index (χ2v) is 4.55. The first-order valence-electron chi connectivity index (χ1n) is 6.57. The molecule has 0 saturated carbocycles. The van der Waals surface area contributed by atoms with Crippen molar-refractivity contribution in [3.8, 4) is 0 Å². The van der Waals surface area contributed by atoms with Crippen LogP contribution >= 0.6 is 0 Å². The Labute approximate surface area is 118 Å². The molecule has 0 N–H and O–H groups in total. The number of anilines is 1. The minimum Gasteiger partial charge on any atom is -0.365 e. The molecule has 0 atom stereocenters. The van der Waals surface area contributed by atoms with Gasteiger partial charge in [0.05, 0.1) is 12.2 Å². The molecule has 0 fully saturated rings. The standard InChI is InChI=1S/C16H17FN2O/c1-3-19(11-14-6-4-5-9-18-14)16-8-7-13(17)10-15(16)12(2)20/h4-10H,3,11H2,1-2H3. The third-order valence-electron chi connectivity index (χ3n) is 3.14.